The van der Waals surface area contributed by atoms with E-state index in [1.807, 2.05) is 0 Å². The number of hydrogen-bond acceptors (Lipinski definition) is 4. The Hall–Kier alpha value is -3.56. The maximum absolute atomic E-state index is 14.4. The Kier molecular flexibility index (Phi) is 6.26. The van der Waals surface area contributed by atoms with E-state index in [1.54, 1.807) is 24.3 Å². The summed E-state index contributed by atoms with van der Waals surface area (Å²) in [4.78, 5) is 15.0. The maximum Gasteiger partial charge on any atom is 0.252 e. The molecule has 0 saturated carbocycles. The first-order valence-electron chi connectivity index (χ1n) is 9.97. The van der Waals surface area contributed by atoms with Crippen LogP contribution in [-0.2, 0) is 23.1 Å². The van der Waals surface area contributed by atoms with Gasteiger partial charge >= 0.3 is 0 Å². The van der Waals surface area contributed by atoms with Crippen molar-refractivity contribution in [2.24, 2.45) is 0 Å². The van der Waals surface area contributed by atoms with Gasteiger partial charge in [0.1, 0.15) is 22.3 Å². The second-order valence-corrected chi connectivity index (χ2v) is 9.31. The highest BCUT2D eigenvalue weighted by molar-refractivity contribution is 7.89. The fraction of sp³-hybridized carbons (Fsp3) is 0.125. The van der Waals surface area contributed by atoms with Crippen molar-refractivity contribution in [2.75, 3.05) is 7.11 Å². The van der Waals surface area contributed by atoms with Crippen molar-refractivity contribution in [3.05, 3.63) is 106 Å². The minimum Gasteiger partial charge on any atom is -0.497 e. The highest BCUT2D eigenvalue weighted by Crippen LogP contribution is 2.24. The highest BCUT2D eigenvalue weighted by Gasteiger charge is 2.28. The van der Waals surface area contributed by atoms with Crippen molar-refractivity contribution < 1.29 is 21.9 Å². The Labute approximate surface area is 189 Å². The second-order valence-electron chi connectivity index (χ2n) is 7.41. The summed E-state index contributed by atoms with van der Waals surface area (Å²) in [5.41, 5.74) is 0.710. The van der Waals surface area contributed by atoms with Crippen LogP contribution in [0.3, 0.4) is 0 Å². The average Bonchev–Trinajstić information content (AvgIpc) is 2.80. The number of rotatable bonds is 7. The Morgan fingerprint density at radius 1 is 0.939 bits per heavy atom. The zero-order valence-electron chi connectivity index (χ0n) is 17.6. The van der Waals surface area contributed by atoms with Crippen molar-refractivity contribution >= 4 is 20.9 Å². The molecule has 1 heterocycles. The van der Waals surface area contributed by atoms with Crippen molar-refractivity contribution in [3.63, 3.8) is 0 Å². The molecule has 1 N–H and O–H groups in total. The molecule has 0 saturated heterocycles. The quantitative estimate of drug-likeness (QED) is 0.439. The molecule has 4 aromatic rings. The first-order chi connectivity index (χ1) is 15.8. The van der Waals surface area contributed by atoms with Gasteiger partial charge < -0.3 is 9.72 Å². The summed E-state index contributed by atoms with van der Waals surface area (Å²) in [5, 5.41) is 0.676. The first kappa shape index (κ1) is 22.6. The standard InChI is InChI=1S/C24H20F2N2O4S/c1-32-20-11-8-17-12-18(24(29)27-22(17)13-20)15-28(14-16-6-9-19(25)10-7-16)33(30,31)23-5-3-2-4-21(23)26/h2-13H,14-15H2,1H3,(H,27,29). The number of benzene rings is 3. The lowest BCUT2D eigenvalue weighted by Gasteiger charge is -2.22. The van der Waals surface area contributed by atoms with Gasteiger partial charge in [-0.15, -0.1) is 0 Å². The number of H-pyrrole nitrogens is 1. The van der Waals surface area contributed by atoms with Gasteiger partial charge in [0.25, 0.3) is 5.56 Å². The van der Waals surface area contributed by atoms with Gasteiger partial charge in [0, 0.05) is 24.7 Å². The van der Waals surface area contributed by atoms with Crippen LogP contribution in [0.15, 0.2) is 82.5 Å². The zero-order chi connectivity index (χ0) is 23.6. The third kappa shape index (κ3) is 4.79. The number of nitrogens with one attached hydrogen (secondary N) is 1. The number of halogens is 2. The van der Waals surface area contributed by atoms with E-state index in [1.165, 1.54) is 49.6 Å². The second kappa shape index (κ2) is 9.13. The zero-order valence-corrected chi connectivity index (χ0v) is 18.4. The van der Waals surface area contributed by atoms with E-state index in [-0.39, 0.29) is 18.7 Å². The molecular weight excluding hydrogens is 450 g/mol. The number of aromatic amines is 1. The summed E-state index contributed by atoms with van der Waals surface area (Å²) in [6.07, 6.45) is 0. The van der Waals surface area contributed by atoms with Gasteiger partial charge in [0.05, 0.1) is 12.6 Å². The van der Waals surface area contributed by atoms with Crippen molar-refractivity contribution in [1.82, 2.24) is 9.29 Å². The molecule has 0 amide bonds. The van der Waals surface area contributed by atoms with Gasteiger partial charge in [-0.05, 0) is 53.4 Å². The van der Waals surface area contributed by atoms with Crippen molar-refractivity contribution in [3.8, 4) is 5.75 Å². The molecule has 1 aromatic heterocycles. The molecule has 0 spiro atoms. The number of sulfonamides is 1. The molecule has 0 radical (unpaired) electrons. The van der Waals surface area contributed by atoms with Gasteiger partial charge in [-0.25, -0.2) is 17.2 Å². The molecule has 0 atom stereocenters. The number of pyridine rings is 1. The minimum atomic E-state index is -4.33. The van der Waals surface area contributed by atoms with Crippen molar-refractivity contribution in [2.45, 2.75) is 18.0 Å². The highest BCUT2D eigenvalue weighted by atomic mass is 32.2. The van der Waals surface area contributed by atoms with E-state index >= 15 is 0 Å². The summed E-state index contributed by atoms with van der Waals surface area (Å²) < 4.78 is 60.6. The lowest BCUT2D eigenvalue weighted by Crippen LogP contribution is -2.33. The van der Waals surface area contributed by atoms with Crippen LogP contribution in [0.1, 0.15) is 11.1 Å². The number of methoxy groups -OCH3 is 1. The summed E-state index contributed by atoms with van der Waals surface area (Å²) in [6, 6.07) is 17.0. The lowest BCUT2D eigenvalue weighted by molar-refractivity contribution is 0.396. The molecule has 33 heavy (non-hydrogen) atoms. The van der Waals surface area contributed by atoms with Gasteiger partial charge in [0.2, 0.25) is 10.0 Å². The Bertz CT molecular complexity index is 1470. The summed E-state index contributed by atoms with van der Waals surface area (Å²) in [7, 11) is -2.82. The Morgan fingerprint density at radius 3 is 2.36 bits per heavy atom. The van der Waals surface area contributed by atoms with Crippen LogP contribution in [-0.4, -0.2) is 24.8 Å². The molecule has 0 aliphatic heterocycles. The molecule has 0 aliphatic carbocycles. The SMILES string of the molecule is COc1ccc2cc(CN(Cc3ccc(F)cc3)S(=O)(=O)c3ccccc3F)c(=O)[nH]c2c1. The molecule has 4 rings (SSSR count). The molecule has 9 heteroatoms. The molecule has 6 nitrogen and oxygen atoms in total. The van der Waals surface area contributed by atoms with E-state index < -0.39 is 32.1 Å². The third-order valence-corrected chi connectivity index (χ3v) is 7.03. The van der Waals surface area contributed by atoms with E-state index in [0.29, 0.717) is 22.2 Å². The van der Waals surface area contributed by atoms with Crippen LogP contribution in [0, 0.1) is 11.6 Å². The molecular formula is C24H20F2N2O4S. The fourth-order valence-electron chi connectivity index (χ4n) is 3.47. The molecule has 0 aliphatic rings. The van der Waals surface area contributed by atoms with Gasteiger partial charge in [0.15, 0.2) is 0 Å². The summed E-state index contributed by atoms with van der Waals surface area (Å²) in [5.74, 6) is -0.809. The van der Waals surface area contributed by atoms with E-state index in [9.17, 15) is 22.0 Å². The summed E-state index contributed by atoms with van der Waals surface area (Å²) >= 11 is 0. The van der Waals surface area contributed by atoms with Crippen LogP contribution in [0.25, 0.3) is 10.9 Å². The Morgan fingerprint density at radius 2 is 1.67 bits per heavy atom. The number of nitrogens with zero attached hydrogens (tertiary/aromatic N) is 1. The smallest absolute Gasteiger partial charge is 0.252 e. The van der Waals surface area contributed by atoms with Crippen LogP contribution >= 0.6 is 0 Å². The van der Waals surface area contributed by atoms with Crippen LogP contribution < -0.4 is 10.3 Å². The predicted octanol–water partition coefficient (Wildman–Crippen LogP) is 4.21. The Balaban J connectivity index is 1.78. The predicted molar refractivity (Wildman–Crippen MR) is 120 cm³/mol. The molecule has 3 aromatic carbocycles. The fourth-order valence-corrected chi connectivity index (χ4v) is 4.94. The average molecular weight is 470 g/mol. The molecule has 0 unspecified atom stereocenters. The van der Waals surface area contributed by atoms with Crippen LogP contribution in [0.2, 0.25) is 0 Å². The van der Waals surface area contributed by atoms with E-state index in [2.05, 4.69) is 4.98 Å². The van der Waals surface area contributed by atoms with Gasteiger partial charge in [-0.3, -0.25) is 4.79 Å². The number of aromatic nitrogens is 1. The molecule has 0 bridgehead atoms. The van der Waals surface area contributed by atoms with Crippen molar-refractivity contribution in [1.29, 1.82) is 0 Å². The normalized spacial score (nSPS) is 11.8. The van der Waals surface area contributed by atoms with Crippen LogP contribution in [0.5, 0.6) is 5.75 Å². The van der Waals surface area contributed by atoms with E-state index in [4.69, 9.17) is 4.74 Å². The monoisotopic (exact) mass is 470 g/mol. The topological polar surface area (TPSA) is 79.5 Å². The third-order valence-electron chi connectivity index (χ3n) is 5.20. The van der Waals surface area contributed by atoms with Gasteiger partial charge in [-0.1, -0.05) is 24.3 Å². The number of hydrogen-bond donors (Lipinski definition) is 1. The maximum atomic E-state index is 14.4. The van der Waals surface area contributed by atoms with E-state index in [0.717, 1.165) is 10.4 Å². The largest absolute Gasteiger partial charge is 0.497 e. The molecule has 0 fully saturated rings. The number of ether oxygens (including phenoxy) is 1. The summed E-state index contributed by atoms with van der Waals surface area (Å²) in [6.45, 7) is -0.498. The lowest BCUT2D eigenvalue weighted by atomic mass is 10.1. The molecule has 170 valence electrons. The van der Waals surface area contributed by atoms with Crippen LogP contribution in [0.4, 0.5) is 8.78 Å². The number of fused-ring (bicyclic) bond motifs is 1. The first-order valence-corrected chi connectivity index (χ1v) is 11.4. The minimum absolute atomic E-state index is 0.176. The van der Waals surface area contributed by atoms with Gasteiger partial charge in [-0.2, -0.15) is 4.31 Å².